The van der Waals surface area contributed by atoms with Gasteiger partial charge in [0.2, 0.25) is 0 Å². The fourth-order valence-corrected chi connectivity index (χ4v) is 1.75. The van der Waals surface area contributed by atoms with E-state index in [1.165, 1.54) is 5.57 Å². The summed E-state index contributed by atoms with van der Waals surface area (Å²) in [7, 11) is 0. The third-order valence-corrected chi connectivity index (χ3v) is 2.96. The summed E-state index contributed by atoms with van der Waals surface area (Å²) in [4.78, 5) is 0. The average Bonchev–Trinajstić information content (AvgIpc) is 2.01. The Kier molecular flexibility index (Phi) is 2.56. The van der Waals surface area contributed by atoms with E-state index in [9.17, 15) is 0 Å². The van der Waals surface area contributed by atoms with Crippen molar-refractivity contribution in [1.82, 2.24) is 0 Å². The molecule has 2 atom stereocenters. The second-order valence-electron chi connectivity index (χ2n) is 3.86. The maximum Gasteiger partial charge on any atom is 0.00984 e. The van der Waals surface area contributed by atoms with Crippen molar-refractivity contribution in [1.29, 1.82) is 0 Å². The number of allylic oxidation sites excluding steroid dienone is 6. The molecule has 0 nitrogen and oxygen atoms in total. The highest BCUT2D eigenvalue weighted by Crippen LogP contribution is 2.38. The summed E-state index contributed by atoms with van der Waals surface area (Å²) in [5.74, 6) is 0.624. The highest BCUT2D eigenvalue weighted by atomic mass is 14.3. The second kappa shape index (κ2) is 3.30. The van der Waals surface area contributed by atoms with Crippen LogP contribution < -0.4 is 0 Å². The lowest BCUT2D eigenvalue weighted by Gasteiger charge is -2.33. The molecule has 0 heteroatoms. The summed E-state index contributed by atoms with van der Waals surface area (Å²) in [5, 5.41) is 0. The van der Waals surface area contributed by atoms with Gasteiger partial charge in [-0.1, -0.05) is 49.8 Å². The molecule has 0 aromatic heterocycles. The molecule has 0 aromatic carbocycles. The van der Waals surface area contributed by atoms with E-state index in [0.717, 1.165) is 0 Å². The molecule has 0 radical (unpaired) electrons. The van der Waals surface area contributed by atoms with Crippen LogP contribution in [-0.2, 0) is 0 Å². The predicted molar refractivity (Wildman–Crippen MR) is 55.0 cm³/mol. The van der Waals surface area contributed by atoms with Gasteiger partial charge in [0.05, 0.1) is 0 Å². The zero-order valence-corrected chi connectivity index (χ0v) is 8.46. The van der Waals surface area contributed by atoms with Crippen molar-refractivity contribution in [3.8, 4) is 0 Å². The molecule has 1 rings (SSSR count). The molecule has 2 unspecified atom stereocenters. The summed E-state index contributed by atoms with van der Waals surface area (Å²) >= 11 is 0. The summed E-state index contributed by atoms with van der Waals surface area (Å²) in [6.45, 7) is 8.86. The summed E-state index contributed by atoms with van der Waals surface area (Å²) in [6.07, 6.45) is 11.1. The van der Waals surface area contributed by atoms with Crippen LogP contribution in [0.5, 0.6) is 0 Å². The minimum Gasteiger partial charge on any atom is -0.0908 e. The Balaban J connectivity index is 2.95. The quantitative estimate of drug-likeness (QED) is 0.515. The van der Waals surface area contributed by atoms with Gasteiger partial charge < -0.3 is 0 Å². The van der Waals surface area contributed by atoms with Crippen molar-refractivity contribution in [2.75, 3.05) is 0 Å². The highest BCUT2D eigenvalue weighted by Gasteiger charge is 2.27. The molecule has 0 fully saturated rings. The lowest BCUT2D eigenvalue weighted by Crippen LogP contribution is -2.23. The molecular formula is C12H18. The number of hydrogen-bond acceptors (Lipinski definition) is 0. The van der Waals surface area contributed by atoms with E-state index < -0.39 is 0 Å². The van der Waals surface area contributed by atoms with Gasteiger partial charge in [0.25, 0.3) is 0 Å². The van der Waals surface area contributed by atoms with Crippen LogP contribution in [0.3, 0.4) is 0 Å². The van der Waals surface area contributed by atoms with Crippen LogP contribution in [0.15, 0.2) is 36.0 Å². The SMILES string of the molecule is C/C=C\C1(C)C=CC=C(C)C1C. The molecule has 0 amide bonds. The molecule has 0 aliphatic heterocycles. The van der Waals surface area contributed by atoms with Gasteiger partial charge in [0.1, 0.15) is 0 Å². The van der Waals surface area contributed by atoms with Gasteiger partial charge in [-0.3, -0.25) is 0 Å². The third-order valence-electron chi connectivity index (χ3n) is 2.96. The van der Waals surface area contributed by atoms with Crippen molar-refractivity contribution in [3.63, 3.8) is 0 Å². The van der Waals surface area contributed by atoms with Gasteiger partial charge in [-0.05, 0) is 19.8 Å². The van der Waals surface area contributed by atoms with Crippen LogP contribution in [0.2, 0.25) is 0 Å². The maximum atomic E-state index is 2.29. The summed E-state index contributed by atoms with van der Waals surface area (Å²) < 4.78 is 0. The average molecular weight is 162 g/mol. The lowest BCUT2D eigenvalue weighted by atomic mass is 9.72. The topological polar surface area (TPSA) is 0 Å². The summed E-state index contributed by atoms with van der Waals surface area (Å²) in [6, 6.07) is 0. The van der Waals surface area contributed by atoms with Gasteiger partial charge in [0.15, 0.2) is 0 Å². The first-order chi connectivity index (χ1) is 5.60. The molecule has 66 valence electrons. The molecule has 1 aliphatic rings. The van der Waals surface area contributed by atoms with E-state index >= 15 is 0 Å². The zero-order valence-electron chi connectivity index (χ0n) is 8.46. The Morgan fingerprint density at radius 3 is 2.75 bits per heavy atom. The molecule has 0 saturated heterocycles. The first-order valence-corrected chi connectivity index (χ1v) is 4.60. The Hall–Kier alpha value is -0.780. The minimum atomic E-state index is 0.230. The van der Waals surface area contributed by atoms with Crippen molar-refractivity contribution in [2.45, 2.75) is 27.7 Å². The first-order valence-electron chi connectivity index (χ1n) is 4.60. The standard InChI is InChI=1S/C12H18/c1-5-8-12(4)9-6-7-10(2)11(12)3/h5-9,11H,1-4H3/b8-5-. The van der Waals surface area contributed by atoms with Crippen LogP contribution in [0.4, 0.5) is 0 Å². The molecular weight excluding hydrogens is 144 g/mol. The van der Waals surface area contributed by atoms with Gasteiger partial charge in [0, 0.05) is 5.41 Å². The van der Waals surface area contributed by atoms with E-state index in [1.807, 2.05) is 0 Å². The number of rotatable bonds is 1. The second-order valence-corrected chi connectivity index (χ2v) is 3.86. The fourth-order valence-electron chi connectivity index (χ4n) is 1.75. The van der Waals surface area contributed by atoms with Crippen LogP contribution in [-0.4, -0.2) is 0 Å². The van der Waals surface area contributed by atoms with E-state index in [-0.39, 0.29) is 5.41 Å². The van der Waals surface area contributed by atoms with E-state index in [2.05, 4.69) is 58.1 Å². The third kappa shape index (κ3) is 1.52. The first kappa shape index (κ1) is 9.31. The fraction of sp³-hybridized carbons (Fsp3) is 0.500. The van der Waals surface area contributed by atoms with Gasteiger partial charge in [-0.2, -0.15) is 0 Å². The predicted octanol–water partition coefficient (Wildman–Crippen LogP) is 3.72. The Labute approximate surface area is 75.7 Å². The van der Waals surface area contributed by atoms with Crippen LogP contribution in [0.25, 0.3) is 0 Å². The Bertz CT molecular complexity index is 243. The Morgan fingerprint density at radius 2 is 2.17 bits per heavy atom. The van der Waals surface area contributed by atoms with Gasteiger partial charge >= 0.3 is 0 Å². The smallest absolute Gasteiger partial charge is 0.00984 e. The van der Waals surface area contributed by atoms with E-state index in [4.69, 9.17) is 0 Å². The molecule has 0 spiro atoms. The molecule has 1 aliphatic carbocycles. The molecule has 0 saturated carbocycles. The van der Waals surface area contributed by atoms with Crippen molar-refractivity contribution < 1.29 is 0 Å². The molecule has 0 N–H and O–H groups in total. The minimum absolute atomic E-state index is 0.230. The van der Waals surface area contributed by atoms with Crippen LogP contribution in [0.1, 0.15) is 27.7 Å². The van der Waals surface area contributed by atoms with Crippen molar-refractivity contribution in [2.24, 2.45) is 11.3 Å². The van der Waals surface area contributed by atoms with Crippen molar-refractivity contribution >= 4 is 0 Å². The normalized spacial score (nSPS) is 35.7. The largest absolute Gasteiger partial charge is 0.0908 e. The van der Waals surface area contributed by atoms with Gasteiger partial charge in [-0.15, -0.1) is 0 Å². The van der Waals surface area contributed by atoms with E-state index in [0.29, 0.717) is 5.92 Å². The number of hydrogen-bond donors (Lipinski definition) is 0. The molecule has 0 bridgehead atoms. The highest BCUT2D eigenvalue weighted by molar-refractivity contribution is 5.28. The van der Waals surface area contributed by atoms with Crippen LogP contribution in [0, 0.1) is 11.3 Å². The molecule has 0 heterocycles. The summed E-state index contributed by atoms with van der Waals surface area (Å²) in [5.41, 5.74) is 1.70. The zero-order chi connectivity index (χ0) is 9.19. The molecule has 12 heavy (non-hydrogen) atoms. The monoisotopic (exact) mass is 162 g/mol. The van der Waals surface area contributed by atoms with Crippen molar-refractivity contribution in [3.05, 3.63) is 36.0 Å². The lowest BCUT2D eigenvalue weighted by molar-refractivity contribution is 0.398. The Morgan fingerprint density at radius 1 is 1.50 bits per heavy atom. The van der Waals surface area contributed by atoms with E-state index in [1.54, 1.807) is 0 Å². The maximum absolute atomic E-state index is 2.29. The van der Waals surface area contributed by atoms with Crippen LogP contribution >= 0.6 is 0 Å². The molecule has 0 aromatic rings. The van der Waals surface area contributed by atoms with Gasteiger partial charge in [-0.25, -0.2) is 0 Å².